The van der Waals surface area contributed by atoms with E-state index < -0.39 is 12.0 Å². The maximum atomic E-state index is 12.0. The summed E-state index contributed by atoms with van der Waals surface area (Å²) in [5.74, 6) is -0.295. The maximum absolute atomic E-state index is 12.0. The van der Waals surface area contributed by atoms with E-state index in [1.807, 2.05) is 30.3 Å². The minimum Gasteiger partial charge on any atom is -0.480 e. The molecule has 1 aromatic carbocycles. The molecule has 2 aromatic rings. The van der Waals surface area contributed by atoms with E-state index in [0.717, 1.165) is 5.56 Å². The van der Waals surface area contributed by atoms with Crippen LogP contribution in [-0.2, 0) is 16.0 Å². The molecule has 0 unspecified atom stereocenters. The van der Waals surface area contributed by atoms with Gasteiger partial charge in [-0.15, -0.1) is 0 Å². The van der Waals surface area contributed by atoms with Crippen LogP contribution >= 0.6 is 0 Å². The van der Waals surface area contributed by atoms with Crippen LogP contribution in [0, 0.1) is 0 Å². The van der Waals surface area contributed by atoms with Crippen molar-refractivity contribution in [3.63, 3.8) is 0 Å². The van der Waals surface area contributed by atoms with Gasteiger partial charge in [-0.1, -0.05) is 35.5 Å². The quantitative estimate of drug-likeness (QED) is 0.895. The highest BCUT2D eigenvalue weighted by atomic mass is 16.5. The smallest absolute Gasteiger partial charge is 0.326 e. The Balaban J connectivity index is 1.57. The first-order valence-corrected chi connectivity index (χ1v) is 7.05. The van der Waals surface area contributed by atoms with Gasteiger partial charge in [0.1, 0.15) is 6.04 Å². The number of carbonyl (C=O) groups is 2. The number of likely N-dealkylation sites (tertiary alicyclic amines) is 1. The van der Waals surface area contributed by atoms with Crippen LogP contribution < -0.4 is 0 Å². The molecule has 114 valence electrons. The zero-order chi connectivity index (χ0) is 15.5. The second kappa shape index (κ2) is 5.97. The molecular formula is C15H15N3O4. The lowest BCUT2D eigenvalue weighted by Gasteiger charge is -2.37. The van der Waals surface area contributed by atoms with E-state index in [1.165, 1.54) is 4.90 Å². The summed E-state index contributed by atoms with van der Waals surface area (Å²) in [5, 5.41) is 12.8. The van der Waals surface area contributed by atoms with Crippen LogP contribution in [0.3, 0.4) is 0 Å². The van der Waals surface area contributed by atoms with Crippen LogP contribution in [0.1, 0.15) is 18.7 Å². The van der Waals surface area contributed by atoms with Gasteiger partial charge in [0.25, 0.3) is 0 Å². The fraction of sp³-hybridized carbons (Fsp3) is 0.333. The first-order chi connectivity index (χ1) is 10.6. The van der Waals surface area contributed by atoms with E-state index >= 15 is 0 Å². The van der Waals surface area contributed by atoms with E-state index in [0.29, 0.717) is 31.1 Å². The van der Waals surface area contributed by atoms with Crippen LogP contribution in [0.2, 0.25) is 0 Å². The highest BCUT2D eigenvalue weighted by Crippen LogP contribution is 2.20. The van der Waals surface area contributed by atoms with E-state index in [9.17, 15) is 9.59 Å². The van der Waals surface area contributed by atoms with E-state index in [1.54, 1.807) is 0 Å². The lowest BCUT2D eigenvalue weighted by atomic mass is 10.0. The van der Waals surface area contributed by atoms with Gasteiger partial charge in [-0.05, 0) is 6.42 Å². The topological polar surface area (TPSA) is 96.5 Å². The van der Waals surface area contributed by atoms with Crippen LogP contribution in [-0.4, -0.2) is 44.6 Å². The highest BCUT2D eigenvalue weighted by Gasteiger charge is 2.37. The van der Waals surface area contributed by atoms with Crippen molar-refractivity contribution in [3.8, 4) is 11.4 Å². The van der Waals surface area contributed by atoms with Crippen molar-refractivity contribution in [1.29, 1.82) is 0 Å². The number of carbonyl (C=O) groups excluding carboxylic acids is 1. The second-order valence-electron chi connectivity index (χ2n) is 5.11. The molecule has 0 bridgehead atoms. The minimum absolute atomic E-state index is 0.167. The molecular weight excluding hydrogens is 286 g/mol. The predicted molar refractivity (Wildman–Crippen MR) is 75.8 cm³/mol. The fourth-order valence-electron chi connectivity index (χ4n) is 2.36. The van der Waals surface area contributed by atoms with Gasteiger partial charge in [-0.2, -0.15) is 4.98 Å². The SMILES string of the molecule is O=C(O)[C@@H]1CCN1C(=O)CCc1nc(-c2ccccc2)no1. The summed E-state index contributed by atoms with van der Waals surface area (Å²) in [6, 6.07) is 8.72. The average Bonchev–Trinajstić information content (AvgIpc) is 2.93. The lowest BCUT2D eigenvalue weighted by molar-refractivity contribution is -0.157. The van der Waals surface area contributed by atoms with Crippen LogP contribution in [0.15, 0.2) is 34.9 Å². The van der Waals surface area contributed by atoms with Gasteiger partial charge < -0.3 is 14.5 Å². The minimum atomic E-state index is -0.955. The summed E-state index contributed by atoms with van der Waals surface area (Å²) in [6.07, 6.45) is 0.988. The summed E-state index contributed by atoms with van der Waals surface area (Å²) in [7, 11) is 0. The molecule has 1 aliphatic heterocycles. The summed E-state index contributed by atoms with van der Waals surface area (Å²) < 4.78 is 5.13. The van der Waals surface area contributed by atoms with Gasteiger partial charge in [0.05, 0.1) is 0 Å². The third-order valence-corrected chi connectivity index (χ3v) is 3.68. The standard InChI is InChI=1S/C15H15N3O4/c19-13(18-9-8-11(18)15(20)21)7-6-12-16-14(17-22-12)10-4-2-1-3-5-10/h1-5,11H,6-9H2,(H,20,21)/t11-/m0/s1. The maximum Gasteiger partial charge on any atom is 0.326 e. The Morgan fingerprint density at radius 1 is 1.32 bits per heavy atom. The van der Waals surface area contributed by atoms with Crippen molar-refractivity contribution in [1.82, 2.24) is 15.0 Å². The van der Waals surface area contributed by atoms with Crippen molar-refractivity contribution in [3.05, 3.63) is 36.2 Å². The van der Waals surface area contributed by atoms with Crippen molar-refractivity contribution in [2.45, 2.75) is 25.3 Å². The van der Waals surface area contributed by atoms with E-state index in [4.69, 9.17) is 9.63 Å². The number of carboxylic acids is 1. The van der Waals surface area contributed by atoms with E-state index in [-0.39, 0.29) is 12.3 Å². The van der Waals surface area contributed by atoms with E-state index in [2.05, 4.69) is 10.1 Å². The Hall–Kier alpha value is -2.70. The summed E-state index contributed by atoms with van der Waals surface area (Å²) in [6.45, 7) is 0.495. The Labute approximate surface area is 126 Å². The number of carboxylic acid groups (broad SMARTS) is 1. The molecule has 1 N–H and O–H groups in total. The first-order valence-electron chi connectivity index (χ1n) is 7.05. The van der Waals surface area contributed by atoms with Crippen molar-refractivity contribution < 1.29 is 19.2 Å². The van der Waals surface area contributed by atoms with Gasteiger partial charge in [-0.25, -0.2) is 4.79 Å². The van der Waals surface area contributed by atoms with Gasteiger partial charge in [0.15, 0.2) is 0 Å². The molecule has 0 aliphatic carbocycles. The molecule has 1 amide bonds. The van der Waals surface area contributed by atoms with Crippen LogP contribution in [0.4, 0.5) is 0 Å². The first kappa shape index (κ1) is 14.2. The van der Waals surface area contributed by atoms with Crippen LogP contribution in [0.5, 0.6) is 0 Å². The number of hydrogen-bond acceptors (Lipinski definition) is 5. The number of aliphatic carboxylic acids is 1. The van der Waals surface area contributed by atoms with Gasteiger partial charge in [-0.3, -0.25) is 4.79 Å². The number of aryl methyl sites for hydroxylation is 1. The summed E-state index contributed by atoms with van der Waals surface area (Å²) in [4.78, 5) is 28.5. The van der Waals surface area contributed by atoms with Crippen molar-refractivity contribution in [2.75, 3.05) is 6.54 Å². The largest absolute Gasteiger partial charge is 0.480 e. The number of hydrogen-bond donors (Lipinski definition) is 1. The Morgan fingerprint density at radius 3 is 2.73 bits per heavy atom. The molecule has 0 radical (unpaired) electrons. The van der Waals surface area contributed by atoms with Crippen LogP contribution in [0.25, 0.3) is 11.4 Å². The molecule has 1 saturated heterocycles. The van der Waals surface area contributed by atoms with Gasteiger partial charge >= 0.3 is 5.97 Å². The van der Waals surface area contributed by atoms with Gasteiger partial charge in [0.2, 0.25) is 17.6 Å². The molecule has 1 atom stereocenters. The molecule has 1 fully saturated rings. The monoisotopic (exact) mass is 301 g/mol. The Morgan fingerprint density at radius 2 is 2.09 bits per heavy atom. The molecule has 7 heteroatoms. The molecule has 0 saturated carbocycles. The number of benzene rings is 1. The molecule has 3 rings (SSSR count). The van der Waals surface area contributed by atoms with Crippen molar-refractivity contribution in [2.24, 2.45) is 0 Å². The number of nitrogens with zero attached hydrogens (tertiary/aromatic N) is 3. The Kier molecular flexibility index (Phi) is 3.86. The van der Waals surface area contributed by atoms with Gasteiger partial charge in [0, 0.05) is 24.9 Å². The third-order valence-electron chi connectivity index (χ3n) is 3.68. The molecule has 1 aromatic heterocycles. The summed E-state index contributed by atoms with van der Waals surface area (Å²) in [5.41, 5.74) is 0.845. The lowest BCUT2D eigenvalue weighted by Crippen LogP contribution is -2.55. The highest BCUT2D eigenvalue weighted by molar-refractivity contribution is 5.85. The molecule has 22 heavy (non-hydrogen) atoms. The second-order valence-corrected chi connectivity index (χ2v) is 5.11. The average molecular weight is 301 g/mol. The number of aromatic nitrogens is 2. The third kappa shape index (κ3) is 2.83. The molecule has 7 nitrogen and oxygen atoms in total. The zero-order valence-corrected chi connectivity index (χ0v) is 11.8. The molecule has 1 aliphatic rings. The van der Waals surface area contributed by atoms with Crippen molar-refractivity contribution >= 4 is 11.9 Å². The number of rotatable bonds is 5. The number of amides is 1. The predicted octanol–water partition coefficient (Wildman–Crippen LogP) is 1.35. The molecule has 0 spiro atoms. The normalized spacial score (nSPS) is 17.1. The molecule has 2 heterocycles. The zero-order valence-electron chi connectivity index (χ0n) is 11.8. The summed E-state index contributed by atoms with van der Waals surface area (Å²) >= 11 is 0. The fourth-order valence-corrected chi connectivity index (χ4v) is 2.36. The Bertz CT molecular complexity index is 683.